The average Bonchev–Trinajstić information content (AvgIpc) is 2.17. The van der Waals surface area contributed by atoms with Gasteiger partial charge in [0.2, 0.25) is 0 Å². The SMILES string of the molecule is COc1cc(C=O)c(F)cc1C=O. The zero-order valence-corrected chi connectivity index (χ0v) is 6.91. The van der Waals surface area contributed by atoms with Crippen molar-refractivity contribution in [2.45, 2.75) is 0 Å². The Morgan fingerprint density at radius 2 is 1.85 bits per heavy atom. The Balaban J connectivity index is 3.34. The third kappa shape index (κ3) is 1.72. The second kappa shape index (κ2) is 3.80. The summed E-state index contributed by atoms with van der Waals surface area (Å²) in [5, 5.41) is 0. The minimum Gasteiger partial charge on any atom is -0.496 e. The lowest BCUT2D eigenvalue weighted by Gasteiger charge is -2.04. The van der Waals surface area contributed by atoms with Crippen LogP contribution in [0, 0.1) is 5.82 Å². The van der Waals surface area contributed by atoms with Gasteiger partial charge >= 0.3 is 0 Å². The summed E-state index contributed by atoms with van der Waals surface area (Å²) in [5.74, 6) is -0.531. The number of hydrogen-bond donors (Lipinski definition) is 0. The fourth-order valence-electron chi connectivity index (χ4n) is 0.944. The van der Waals surface area contributed by atoms with Gasteiger partial charge in [-0.1, -0.05) is 0 Å². The van der Waals surface area contributed by atoms with Crippen molar-refractivity contribution < 1.29 is 18.7 Å². The van der Waals surface area contributed by atoms with Crippen LogP contribution in [0.3, 0.4) is 0 Å². The van der Waals surface area contributed by atoms with Crippen LogP contribution in [-0.4, -0.2) is 19.7 Å². The number of carbonyl (C=O) groups excluding carboxylic acids is 2. The highest BCUT2D eigenvalue weighted by Gasteiger charge is 2.08. The number of hydrogen-bond acceptors (Lipinski definition) is 3. The molecule has 0 spiro atoms. The van der Waals surface area contributed by atoms with E-state index < -0.39 is 5.82 Å². The minimum atomic E-state index is -0.724. The van der Waals surface area contributed by atoms with Crippen molar-refractivity contribution in [2.24, 2.45) is 0 Å². The maximum absolute atomic E-state index is 12.9. The lowest BCUT2D eigenvalue weighted by Crippen LogP contribution is -1.96. The van der Waals surface area contributed by atoms with Crippen molar-refractivity contribution in [3.05, 3.63) is 29.1 Å². The Bertz CT molecular complexity index is 347. The Kier molecular flexibility index (Phi) is 2.74. The van der Waals surface area contributed by atoms with Gasteiger partial charge in [-0.3, -0.25) is 9.59 Å². The summed E-state index contributed by atoms with van der Waals surface area (Å²) in [7, 11) is 1.34. The molecule has 1 rings (SSSR count). The first-order valence-corrected chi connectivity index (χ1v) is 3.50. The number of methoxy groups -OCH3 is 1. The van der Waals surface area contributed by atoms with E-state index in [2.05, 4.69) is 0 Å². The molecule has 0 aliphatic carbocycles. The monoisotopic (exact) mass is 182 g/mol. The molecule has 0 atom stereocenters. The van der Waals surface area contributed by atoms with Crippen LogP contribution >= 0.6 is 0 Å². The topological polar surface area (TPSA) is 43.4 Å². The summed E-state index contributed by atoms with van der Waals surface area (Å²) in [6.45, 7) is 0. The molecule has 0 radical (unpaired) electrons. The molecule has 0 aliphatic rings. The molecule has 0 aliphatic heterocycles. The predicted octanol–water partition coefficient (Wildman–Crippen LogP) is 1.46. The van der Waals surface area contributed by atoms with Gasteiger partial charge in [-0.2, -0.15) is 0 Å². The van der Waals surface area contributed by atoms with Gasteiger partial charge in [0, 0.05) is 0 Å². The van der Waals surface area contributed by atoms with Gasteiger partial charge in [0.05, 0.1) is 18.2 Å². The second-order valence-electron chi connectivity index (χ2n) is 2.35. The van der Waals surface area contributed by atoms with Crippen molar-refractivity contribution in [1.29, 1.82) is 0 Å². The molecule has 13 heavy (non-hydrogen) atoms. The molecule has 0 fully saturated rings. The fraction of sp³-hybridized carbons (Fsp3) is 0.111. The van der Waals surface area contributed by atoms with E-state index in [4.69, 9.17) is 4.74 Å². The molecule has 0 bridgehead atoms. The Labute approximate surface area is 74.1 Å². The number of aldehydes is 2. The smallest absolute Gasteiger partial charge is 0.153 e. The van der Waals surface area contributed by atoms with E-state index in [1.54, 1.807) is 0 Å². The molecular formula is C9H7FO3. The first-order valence-electron chi connectivity index (χ1n) is 3.50. The van der Waals surface area contributed by atoms with Crippen LogP contribution in [0.15, 0.2) is 12.1 Å². The molecule has 0 N–H and O–H groups in total. The van der Waals surface area contributed by atoms with Crippen molar-refractivity contribution in [1.82, 2.24) is 0 Å². The van der Waals surface area contributed by atoms with E-state index in [1.165, 1.54) is 13.2 Å². The van der Waals surface area contributed by atoms with Crippen molar-refractivity contribution >= 4 is 12.6 Å². The van der Waals surface area contributed by atoms with Gasteiger partial charge in [0.1, 0.15) is 11.6 Å². The van der Waals surface area contributed by atoms with Gasteiger partial charge in [-0.05, 0) is 12.1 Å². The van der Waals surface area contributed by atoms with Crippen molar-refractivity contribution in [2.75, 3.05) is 7.11 Å². The maximum Gasteiger partial charge on any atom is 0.153 e. The van der Waals surface area contributed by atoms with Gasteiger partial charge in [-0.25, -0.2) is 4.39 Å². The predicted molar refractivity (Wildman–Crippen MR) is 43.7 cm³/mol. The number of rotatable bonds is 3. The van der Waals surface area contributed by atoms with Crippen LogP contribution in [0.2, 0.25) is 0 Å². The molecule has 0 unspecified atom stereocenters. The van der Waals surface area contributed by atoms with Crippen LogP contribution < -0.4 is 4.74 Å². The van der Waals surface area contributed by atoms with Crippen molar-refractivity contribution in [3.8, 4) is 5.75 Å². The van der Waals surface area contributed by atoms with Crippen molar-refractivity contribution in [3.63, 3.8) is 0 Å². The summed E-state index contributed by atoms with van der Waals surface area (Å²) in [6, 6.07) is 2.15. The van der Waals surface area contributed by atoms with E-state index in [1.807, 2.05) is 0 Å². The van der Waals surface area contributed by atoms with Gasteiger partial charge in [0.25, 0.3) is 0 Å². The molecule has 68 valence electrons. The number of ether oxygens (including phenoxy) is 1. The maximum atomic E-state index is 12.9. The van der Waals surface area contributed by atoms with E-state index in [9.17, 15) is 14.0 Å². The Morgan fingerprint density at radius 3 is 2.31 bits per heavy atom. The Morgan fingerprint density at radius 1 is 1.23 bits per heavy atom. The molecule has 4 heteroatoms. The first kappa shape index (κ1) is 9.38. The van der Waals surface area contributed by atoms with E-state index in [-0.39, 0.29) is 16.9 Å². The number of benzene rings is 1. The minimum absolute atomic E-state index is 0.0885. The average molecular weight is 182 g/mol. The van der Waals surface area contributed by atoms with E-state index in [0.29, 0.717) is 12.6 Å². The summed E-state index contributed by atoms with van der Waals surface area (Å²) in [4.78, 5) is 20.7. The number of carbonyl (C=O) groups is 2. The molecule has 1 aromatic rings. The largest absolute Gasteiger partial charge is 0.496 e. The highest BCUT2D eigenvalue weighted by atomic mass is 19.1. The molecule has 0 heterocycles. The van der Waals surface area contributed by atoms with Crippen LogP contribution in [0.1, 0.15) is 20.7 Å². The highest BCUT2D eigenvalue weighted by molar-refractivity contribution is 5.83. The van der Waals surface area contributed by atoms with Crippen LogP contribution in [0.25, 0.3) is 0 Å². The summed E-state index contributed by atoms with van der Waals surface area (Å²) in [6.07, 6.45) is 0.836. The lowest BCUT2D eigenvalue weighted by atomic mass is 10.1. The Hall–Kier alpha value is -1.71. The molecule has 0 aromatic heterocycles. The fourth-order valence-corrected chi connectivity index (χ4v) is 0.944. The molecule has 3 nitrogen and oxygen atoms in total. The lowest BCUT2D eigenvalue weighted by molar-refractivity contribution is 0.110. The zero-order valence-electron chi connectivity index (χ0n) is 6.91. The van der Waals surface area contributed by atoms with Crippen LogP contribution in [0.5, 0.6) is 5.75 Å². The van der Waals surface area contributed by atoms with E-state index in [0.717, 1.165) is 6.07 Å². The second-order valence-corrected chi connectivity index (χ2v) is 2.35. The normalized spacial score (nSPS) is 9.38. The van der Waals surface area contributed by atoms with Crippen LogP contribution in [-0.2, 0) is 0 Å². The van der Waals surface area contributed by atoms with Gasteiger partial charge in [0.15, 0.2) is 12.6 Å². The molecule has 1 aromatic carbocycles. The summed E-state index contributed by atoms with van der Waals surface area (Å²) in [5.41, 5.74) is -0.0342. The van der Waals surface area contributed by atoms with Gasteiger partial charge < -0.3 is 4.74 Å². The van der Waals surface area contributed by atoms with Crippen LogP contribution in [0.4, 0.5) is 4.39 Å². The molecular weight excluding hydrogens is 175 g/mol. The molecule has 0 saturated carbocycles. The standard InChI is InChI=1S/C9H7FO3/c1-13-9-3-6(4-11)8(10)2-7(9)5-12/h2-5H,1H3. The third-order valence-electron chi connectivity index (χ3n) is 1.60. The molecule has 0 amide bonds. The quantitative estimate of drug-likeness (QED) is 0.664. The third-order valence-corrected chi connectivity index (χ3v) is 1.60. The first-order chi connectivity index (χ1) is 6.22. The van der Waals surface area contributed by atoms with Gasteiger partial charge in [-0.15, -0.1) is 0 Å². The van der Waals surface area contributed by atoms with E-state index >= 15 is 0 Å². The summed E-state index contributed by atoms with van der Waals surface area (Å²) >= 11 is 0. The molecule has 0 saturated heterocycles. The summed E-state index contributed by atoms with van der Waals surface area (Å²) < 4.78 is 17.7. The zero-order chi connectivity index (χ0) is 9.84. The highest BCUT2D eigenvalue weighted by Crippen LogP contribution is 2.20. The number of halogens is 1.